The van der Waals surface area contributed by atoms with Crippen LogP contribution >= 0.6 is 0 Å². The third-order valence-electron chi connectivity index (χ3n) is 12.9. The minimum Gasteiger partial charge on any atom is -0.456 e. The van der Waals surface area contributed by atoms with Gasteiger partial charge in [-0.1, -0.05) is 39.8 Å². The fourth-order valence-corrected chi connectivity index (χ4v) is 9.14. The molecule has 1 aliphatic carbocycles. The summed E-state index contributed by atoms with van der Waals surface area (Å²) in [5, 5.41) is 23.6. The summed E-state index contributed by atoms with van der Waals surface area (Å²) in [5.41, 5.74) is 0.911. The molecule has 2 saturated heterocycles. The van der Waals surface area contributed by atoms with Crippen molar-refractivity contribution in [2.75, 3.05) is 27.9 Å². The molecule has 0 spiro atoms. The Balaban J connectivity index is 1.79. The van der Waals surface area contributed by atoms with E-state index in [0.29, 0.717) is 49.7 Å². The van der Waals surface area contributed by atoms with Gasteiger partial charge in [-0.3, -0.25) is 19.2 Å². The Hall–Kier alpha value is -2.88. The van der Waals surface area contributed by atoms with E-state index < -0.39 is 96.0 Å². The molecule has 4 rings (SSSR count). The van der Waals surface area contributed by atoms with Gasteiger partial charge in [-0.15, -0.1) is 0 Å². The Morgan fingerprint density at radius 3 is 2.28 bits per heavy atom. The molecule has 57 heavy (non-hydrogen) atoms. The SMILES string of the molecule is CCC1C=C(C)C(F)C(C)CC(OC)C2OC(O)(C(=O)C(=O)N3CCCCC3C(=O)OC(C(C)=CC3CCC(=O)C(OC)C3)C(C)C(O)CC1=O)C(C)CC2OC. The molecule has 0 radical (unpaired) electrons. The van der Waals surface area contributed by atoms with Crippen molar-refractivity contribution in [1.82, 2.24) is 4.90 Å². The standard InChI is InChI=1S/C43H66FNO12/c1-10-29-18-23(2)37(44)24(3)19-35(54-8)39-36(55-9)20-26(5)43(52,57-39)40(49)41(50)45-16-12-11-13-30(45)42(51)56-38(27(6)32(47)22-33(29)48)25(4)17-28-14-15-31(46)34(21-28)53-7/h17-18,24,26-30,32,34-39,47,52H,10-16,19-22H2,1-9H3. The van der Waals surface area contributed by atoms with E-state index in [0.717, 1.165) is 4.90 Å². The van der Waals surface area contributed by atoms with Crippen LogP contribution in [-0.2, 0) is 47.7 Å². The van der Waals surface area contributed by atoms with Gasteiger partial charge in [-0.25, -0.2) is 9.18 Å². The number of carbonyl (C=O) groups excluding carboxylic acids is 5. The number of carbonyl (C=O) groups is 5. The second kappa shape index (κ2) is 20.4. The zero-order valence-electron chi connectivity index (χ0n) is 35.2. The van der Waals surface area contributed by atoms with Crippen molar-refractivity contribution in [3.05, 3.63) is 23.3 Å². The number of aliphatic hydroxyl groups is 2. The topological polar surface area (TPSA) is 175 Å². The molecule has 322 valence electrons. The summed E-state index contributed by atoms with van der Waals surface area (Å²) in [6.07, 6.45) is -0.718. The summed E-state index contributed by atoms with van der Waals surface area (Å²) < 4.78 is 45.5. The number of hydrogen-bond acceptors (Lipinski definition) is 12. The average molecular weight is 808 g/mol. The summed E-state index contributed by atoms with van der Waals surface area (Å²) in [7, 11) is 4.35. The third-order valence-corrected chi connectivity index (χ3v) is 12.9. The number of hydrogen-bond donors (Lipinski definition) is 2. The van der Waals surface area contributed by atoms with Crippen LogP contribution in [0.4, 0.5) is 4.39 Å². The smallest absolute Gasteiger partial charge is 0.329 e. The number of cyclic esters (lactones) is 1. The van der Waals surface area contributed by atoms with Gasteiger partial charge < -0.3 is 38.8 Å². The number of amides is 1. The lowest BCUT2D eigenvalue weighted by Gasteiger charge is -2.47. The van der Waals surface area contributed by atoms with Crippen LogP contribution in [0, 0.1) is 29.6 Å². The molecule has 13 nitrogen and oxygen atoms in total. The van der Waals surface area contributed by atoms with Gasteiger partial charge in [0.15, 0.2) is 5.78 Å². The van der Waals surface area contributed by atoms with Gasteiger partial charge in [0.25, 0.3) is 11.7 Å². The number of nitrogens with zero attached hydrogens (tertiary/aromatic N) is 1. The highest BCUT2D eigenvalue weighted by Gasteiger charge is 2.56. The van der Waals surface area contributed by atoms with E-state index in [1.54, 1.807) is 40.7 Å². The zero-order valence-corrected chi connectivity index (χ0v) is 35.2. The van der Waals surface area contributed by atoms with E-state index in [9.17, 15) is 34.2 Å². The van der Waals surface area contributed by atoms with Crippen molar-refractivity contribution in [3.8, 4) is 0 Å². The first-order chi connectivity index (χ1) is 26.9. The molecule has 14 atom stereocenters. The van der Waals surface area contributed by atoms with Crippen molar-refractivity contribution in [2.24, 2.45) is 29.6 Å². The van der Waals surface area contributed by atoms with E-state index in [2.05, 4.69) is 0 Å². The van der Waals surface area contributed by atoms with Gasteiger partial charge in [0.05, 0.1) is 18.3 Å². The molecule has 3 aliphatic heterocycles. The molecule has 2 N–H and O–H groups in total. The van der Waals surface area contributed by atoms with Gasteiger partial charge in [0, 0.05) is 58.5 Å². The second-order valence-electron chi connectivity index (χ2n) is 16.9. The van der Waals surface area contributed by atoms with Crippen LogP contribution in [0.3, 0.4) is 0 Å². The molecule has 14 heteroatoms. The largest absolute Gasteiger partial charge is 0.456 e. The lowest BCUT2D eigenvalue weighted by atomic mass is 9.81. The highest BCUT2D eigenvalue weighted by Crippen LogP contribution is 2.39. The minimum absolute atomic E-state index is 0.0110. The Labute approximate surface area is 337 Å². The number of allylic oxidation sites excluding steroid dienone is 3. The Bertz CT molecular complexity index is 1520. The molecule has 0 aromatic carbocycles. The minimum atomic E-state index is -2.61. The lowest BCUT2D eigenvalue weighted by Crippen LogP contribution is -2.64. The van der Waals surface area contributed by atoms with Gasteiger partial charge in [0.2, 0.25) is 5.79 Å². The van der Waals surface area contributed by atoms with Crippen LogP contribution in [0.5, 0.6) is 0 Å². The molecular weight excluding hydrogens is 741 g/mol. The molecule has 1 amide bonds. The number of aliphatic hydroxyl groups excluding tert-OH is 1. The van der Waals surface area contributed by atoms with Crippen LogP contribution in [-0.4, -0.2) is 127 Å². The van der Waals surface area contributed by atoms with Crippen molar-refractivity contribution >= 4 is 29.2 Å². The summed E-state index contributed by atoms with van der Waals surface area (Å²) >= 11 is 0. The van der Waals surface area contributed by atoms with Gasteiger partial charge in [-0.05, 0) is 88.2 Å². The van der Waals surface area contributed by atoms with Gasteiger partial charge in [0.1, 0.15) is 36.3 Å². The van der Waals surface area contributed by atoms with E-state index in [-0.39, 0.29) is 49.7 Å². The Morgan fingerprint density at radius 2 is 1.65 bits per heavy atom. The third kappa shape index (κ3) is 10.7. The first-order valence-corrected chi connectivity index (χ1v) is 20.7. The lowest BCUT2D eigenvalue weighted by molar-refractivity contribution is -0.302. The second-order valence-corrected chi connectivity index (χ2v) is 16.9. The number of halogens is 1. The van der Waals surface area contributed by atoms with E-state index in [1.165, 1.54) is 21.3 Å². The number of methoxy groups -OCH3 is 3. The molecule has 1 saturated carbocycles. The maximum absolute atomic E-state index is 16.2. The van der Waals surface area contributed by atoms with Crippen molar-refractivity contribution < 1.29 is 62.3 Å². The van der Waals surface area contributed by atoms with Crippen molar-refractivity contribution in [2.45, 2.75) is 160 Å². The number of esters is 1. The summed E-state index contributed by atoms with van der Waals surface area (Å²) in [5.74, 6) is -9.23. The van der Waals surface area contributed by atoms with E-state index in [1.807, 2.05) is 13.0 Å². The normalized spacial score (nSPS) is 40.2. The van der Waals surface area contributed by atoms with Crippen LogP contribution < -0.4 is 0 Å². The molecular formula is C43H66FNO12. The van der Waals surface area contributed by atoms with E-state index in [4.69, 9.17) is 23.7 Å². The number of ether oxygens (including phenoxy) is 5. The number of rotatable bonds is 6. The number of ketones is 3. The van der Waals surface area contributed by atoms with Crippen molar-refractivity contribution in [1.29, 1.82) is 0 Å². The first kappa shape index (κ1) is 46.8. The number of Topliss-reactive ketones (excluding diaryl/α,β-unsaturated/α-hetero) is 3. The van der Waals surface area contributed by atoms with Gasteiger partial charge in [-0.2, -0.15) is 0 Å². The number of alkyl halides is 1. The highest BCUT2D eigenvalue weighted by molar-refractivity contribution is 6.39. The van der Waals surface area contributed by atoms with Crippen LogP contribution in [0.1, 0.15) is 106 Å². The fourth-order valence-electron chi connectivity index (χ4n) is 9.14. The predicted molar refractivity (Wildman–Crippen MR) is 207 cm³/mol. The number of fused-ring (bicyclic) bond motifs is 3. The summed E-state index contributed by atoms with van der Waals surface area (Å²) in [4.78, 5) is 69.9. The van der Waals surface area contributed by atoms with Crippen LogP contribution in [0.25, 0.3) is 0 Å². The molecule has 2 bridgehead atoms. The molecule has 3 fully saturated rings. The summed E-state index contributed by atoms with van der Waals surface area (Å²) in [6.45, 7) is 10.2. The van der Waals surface area contributed by atoms with E-state index >= 15 is 4.39 Å². The van der Waals surface area contributed by atoms with Crippen LogP contribution in [0.15, 0.2) is 23.3 Å². The molecule has 0 aromatic heterocycles. The van der Waals surface area contributed by atoms with Gasteiger partial charge >= 0.3 is 5.97 Å². The quantitative estimate of drug-likeness (QED) is 0.217. The Kier molecular flexibility index (Phi) is 16.7. The highest BCUT2D eigenvalue weighted by atomic mass is 19.1. The molecule has 3 heterocycles. The van der Waals surface area contributed by atoms with Crippen molar-refractivity contribution in [3.63, 3.8) is 0 Å². The maximum Gasteiger partial charge on any atom is 0.329 e. The predicted octanol–water partition coefficient (Wildman–Crippen LogP) is 4.63. The van der Waals surface area contributed by atoms with Crippen LogP contribution in [0.2, 0.25) is 0 Å². The number of piperidine rings is 1. The molecule has 4 aliphatic rings. The zero-order chi connectivity index (χ0) is 42.4. The first-order valence-electron chi connectivity index (χ1n) is 20.7. The Morgan fingerprint density at radius 1 is 0.982 bits per heavy atom. The fraction of sp³-hybridized carbons (Fsp3) is 0.791. The average Bonchev–Trinajstić information content (AvgIpc) is 3.20. The monoisotopic (exact) mass is 807 g/mol. The summed E-state index contributed by atoms with van der Waals surface area (Å²) in [6, 6.07) is -1.19. The molecule has 0 aromatic rings. The molecule has 14 unspecified atom stereocenters. The maximum atomic E-state index is 16.2.